The van der Waals surface area contributed by atoms with Crippen molar-refractivity contribution in [3.8, 4) is 17.2 Å². The van der Waals surface area contributed by atoms with E-state index in [0.717, 1.165) is 28.6 Å². The molecule has 1 saturated heterocycles. The van der Waals surface area contributed by atoms with Crippen molar-refractivity contribution in [1.82, 2.24) is 4.90 Å². The molecule has 0 N–H and O–H groups in total. The van der Waals surface area contributed by atoms with Gasteiger partial charge in [-0.2, -0.15) is 0 Å². The predicted molar refractivity (Wildman–Crippen MR) is 157 cm³/mol. The number of nitrogens with zero attached hydrogens (tertiary/aromatic N) is 1. The van der Waals surface area contributed by atoms with Gasteiger partial charge < -0.3 is 14.2 Å². The van der Waals surface area contributed by atoms with Crippen molar-refractivity contribution in [3.05, 3.63) is 91.8 Å². The minimum Gasteiger partial charge on any atom is -0.493 e. The largest absolute Gasteiger partial charge is 0.493 e. The molecule has 0 aliphatic carbocycles. The number of hydrogen-bond acceptors (Lipinski definition) is 6. The molecule has 0 spiro atoms. The number of benzene rings is 3. The Morgan fingerprint density at radius 3 is 2.38 bits per heavy atom. The monoisotopic (exact) mass is 585 g/mol. The Morgan fingerprint density at radius 1 is 0.949 bits per heavy atom. The third-order valence-corrected chi connectivity index (χ3v) is 7.77. The summed E-state index contributed by atoms with van der Waals surface area (Å²) in [5.41, 5.74) is 3.54. The van der Waals surface area contributed by atoms with Crippen LogP contribution in [0.3, 0.4) is 0 Å². The average Bonchev–Trinajstić information content (AvgIpc) is 3.16. The molecule has 0 saturated carbocycles. The van der Waals surface area contributed by atoms with Crippen molar-refractivity contribution in [3.63, 3.8) is 0 Å². The number of rotatable bonds is 10. The second-order valence-corrected chi connectivity index (χ2v) is 11.1. The lowest BCUT2D eigenvalue weighted by molar-refractivity contribution is -0.123. The fourth-order valence-corrected chi connectivity index (χ4v) is 5.42. The molecule has 0 bridgehead atoms. The van der Waals surface area contributed by atoms with Gasteiger partial charge in [0.25, 0.3) is 11.1 Å². The van der Waals surface area contributed by atoms with E-state index in [0.29, 0.717) is 43.5 Å². The van der Waals surface area contributed by atoms with Gasteiger partial charge in [0.15, 0.2) is 11.5 Å². The van der Waals surface area contributed by atoms with Gasteiger partial charge in [-0.15, -0.1) is 0 Å². The highest BCUT2D eigenvalue weighted by Crippen LogP contribution is 2.36. The van der Waals surface area contributed by atoms with Crippen LogP contribution < -0.4 is 14.2 Å². The lowest BCUT2D eigenvalue weighted by Gasteiger charge is -2.17. The van der Waals surface area contributed by atoms with Crippen molar-refractivity contribution in [2.45, 2.75) is 33.3 Å². The third-order valence-electron chi connectivity index (χ3n) is 6.16. The number of hydrogen-bond donors (Lipinski definition) is 0. The van der Waals surface area contributed by atoms with Crippen LogP contribution in [0.1, 0.15) is 42.0 Å². The standard InChI is InChI=1S/C30H29Cl2NO5S/c1-18(2)21-10-8-19(3)14-26(21)37-13-12-33-29(34)28(39-30(33)35)16-20-9-11-25(27(15-20)36-4)38-17-22-23(31)6-5-7-24(22)32/h5-11,14-16,18H,12-13,17H2,1-4H3/b28-16-. The third kappa shape index (κ3) is 6.90. The number of halogens is 2. The molecule has 204 valence electrons. The van der Waals surface area contributed by atoms with Gasteiger partial charge in [0.1, 0.15) is 19.0 Å². The van der Waals surface area contributed by atoms with Gasteiger partial charge in [0.2, 0.25) is 0 Å². The molecule has 1 heterocycles. The van der Waals surface area contributed by atoms with E-state index in [2.05, 4.69) is 19.9 Å². The molecule has 9 heteroatoms. The molecule has 1 aliphatic rings. The molecule has 4 rings (SSSR count). The summed E-state index contributed by atoms with van der Waals surface area (Å²) in [4.78, 5) is 27.2. The first kappa shape index (κ1) is 28.9. The lowest BCUT2D eigenvalue weighted by Crippen LogP contribution is -2.32. The van der Waals surface area contributed by atoms with Crippen LogP contribution in [0.5, 0.6) is 17.2 Å². The first-order valence-electron chi connectivity index (χ1n) is 12.4. The average molecular weight is 587 g/mol. The second kappa shape index (κ2) is 12.8. The molecule has 6 nitrogen and oxygen atoms in total. The maximum Gasteiger partial charge on any atom is 0.293 e. The Hall–Kier alpha value is -3.13. The summed E-state index contributed by atoms with van der Waals surface area (Å²) >= 11 is 13.4. The molecule has 0 unspecified atom stereocenters. The first-order valence-corrected chi connectivity index (χ1v) is 14.0. The van der Waals surface area contributed by atoms with Gasteiger partial charge in [0.05, 0.1) is 18.6 Å². The van der Waals surface area contributed by atoms with E-state index in [1.54, 1.807) is 42.5 Å². The van der Waals surface area contributed by atoms with Crippen LogP contribution in [0.2, 0.25) is 10.0 Å². The molecule has 39 heavy (non-hydrogen) atoms. The Labute approximate surface area is 242 Å². The van der Waals surface area contributed by atoms with E-state index in [9.17, 15) is 9.59 Å². The number of aryl methyl sites for hydroxylation is 1. The minimum atomic E-state index is -0.352. The quantitative estimate of drug-likeness (QED) is 0.224. The fourth-order valence-electron chi connectivity index (χ4n) is 4.05. The maximum absolute atomic E-state index is 13.0. The molecule has 3 aromatic rings. The molecular weight excluding hydrogens is 557 g/mol. The molecular formula is C30H29Cl2NO5S. The highest BCUT2D eigenvalue weighted by atomic mass is 35.5. The summed E-state index contributed by atoms with van der Waals surface area (Å²) < 4.78 is 17.4. The Balaban J connectivity index is 1.42. The molecule has 1 aliphatic heterocycles. The first-order chi connectivity index (χ1) is 18.7. The number of ether oxygens (including phenoxy) is 3. The smallest absolute Gasteiger partial charge is 0.293 e. The van der Waals surface area contributed by atoms with Gasteiger partial charge in [-0.1, -0.05) is 61.3 Å². The van der Waals surface area contributed by atoms with Crippen LogP contribution in [0, 0.1) is 6.92 Å². The van der Waals surface area contributed by atoms with Gasteiger partial charge in [-0.25, -0.2) is 0 Å². The van der Waals surface area contributed by atoms with E-state index in [-0.39, 0.29) is 30.9 Å². The SMILES string of the molecule is COc1cc(/C=C2\SC(=O)N(CCOc3cc(C)ccc3C(C)C)C2=O)ccc1OCc1c(Cl)cccc1Cl. The minimum absolute atomic E-state index is 0.161. The van der Waals surface area contributed by atoms with Crippen LogP contribution in [0.4, 0.5) is 4.79 Å². The van der Waals surface area contributed by atoms with Crippen LogP contribution in [0.15, 0.2) is 59.5 Å². The molecule has 3 aromatic carbocycles. The fraction of sp³-hybridized carbons (Fsp3) is 0.267. The van der Waals surface area contributed by atoms with Crippen LogP contribution in [-0.4, -0.2) is 36.3 Å². The van der Waals surface area contributed by atoms with Crippen molar-refractivity contribution >= 4 is 52.2 Å². The zero-order chi connectivity index (χ0) is 28.1. The summed E-state index contributed by atoms with van der Waals surface area (Å²) in [7, 11) is 1.53. The number of thioether (sulfide) groups is 1. The summed E-state index contributed by atoms with van der Waals surface area (Å²) in [5, 5.41) is 0.698. The number of carbonyl (C=O) groups excluding carboxylic acids is 2. The Bertz CT molecular complexity index is 1400. The Morgan fingerprint density at radius 2 is 1.69 bits per heavy atom. The van der Waals surface area contributed by atoms with E-state index < -0.39 is 0 Å². The number of imide groups is 1. The Kier molecular flexibility index (Phi) is 9.49. The molecule has 0 aromatic heterocycles. The molecule has 1 fully saturated rings. The van der Waals surface area contributed by atoms with Crippen molar-refractivity contribution < 1.29 is 23.8 Å². The predicted octanol–water partition coefficient (Wildman–Crippen LogP) is 8.13. The van der Waals surface area contributed by atoms with Crippen molar-refractivity contribution in [2.75, 3.05) is 20.3 Å². The summed E-state index contributed by atoms with van der Waals surface area (Å²) in [5.74, 6) is 1.68. The van der Waals surface area contributed by atoms with E-state index in [1.807, 2.05) is 19.1 Å². The van der Waals surface area contributed by atoms with Crippen molar-refractivity contribution in [1.29, 1.82) is 0 Å². The van der Waals surface area contributed by atoms with Crippen LogP contribution in [-0.2, 0) is 11.4 Å². The maximum atomic E-state index is 13.0. The molecule has 0 atom stereocenters. The second-order valence-electron chi connectivity index (χ2n) is 9.28. The number of methoxy groups -OCH3 is 1. The van der Waals surface area contributed by atoms with E-state index in [1.165, 1.54) is 12.0 Å². The van der Waals surface area contributed by atoms with Crippen LogP contribution >= 0.6 is 35.0 Å². The van der Waals surface area contributed by atoms with Gasteiger partial charge in [-0.05, 0) is 77.7 Å². The highest BCUT2D eigenvalue weighted by molar-refractivity contribution is 8.18. The molecule has 2 amide bonds. The highest BCUT2D eigenvalue weighted by Gasteiger charge is 2.35. The topological polar surface area (TPSA) is 65.1 Å². The zero-order valence-electron chi connectivity index (χ0n) is 22.1. The van der Waals surface area contributed by atoms with Crippen molar-refractivity contribution in [2.24, 2.45) is 0 Å². The number of amides is 2. The summed E-state index contributed by atoms with van der Waals surface area (Å²) in [6.07, 6.45) is 1.67. The van der Waals surface area contributed by atoms with E-state index >= 15 is 0 Å². The van der Waals surface area contributed by atoms with Gasteiger partial charge in [-0.3, -0.25) is 14.5 Å². The van der Waals surface area contributed by atoms with Gasteiger partial charge >= 0.3 is 0 Å². The lowest BCUT2D eigenvalue weighted by atomic mass is 10.0. The molecule has 0 radical (unpaired) electrons. The van der Waals surface area contributed by atoms with Gasteiger partial charge in [0, 0.05) is 15.6 Å². The number of carbonyl (C=O) groups is 2. The summed E-state index contributed by atoms with van der Waals surface area (Å²) in [6, 6.07) is 16.6. The zero-order valence-corrected chi connectivity index (χ0v) is 24.5. The van der Waals surface area contributed by atoms with Crippen LogP contribution in [0.25, 0.3) is 6.08 Å². The summed E-state index contributed by atoms with van der Waals surface area (Å²) in [6.45, 7) is 6.73. The van der Waals surface area contributed by atoms with E-state index in [4.69, 9.17) is 37.4 Å². The normalized spacial score (nSPS) is 14.4.